The van der Waals surface area contributed by atoms with Crippen LogP contribution in [0, 0.1) is 24.4 Å². The van der Waals surface area contributed by atoms with Gasteiger partial charge in [-0.1, -0.05) is 6.07 Å². The lowest BCUT2D eigenvalue weighted by atomic mass is 10.0. The average Bonchev–Trinajstić information content (AvgIpc) is 2.33. The van der Waals surface area contributed by atoms with E-state index in [1.807, 2.05) is 0 Å². The van der Waals surface area contributed by atoms with Crippen LogP contribution in [0.4, 0.5) is 13.2 Å². The normalized spacial score (nSPS) is 10.5. The number of carbonyl (C=O) groups is 1. The summed E-state index contributed by atoms with van der Waals surface area (Å²) in [7, 11) is 0. The molecule has 5 heteroatoms. The molecule has 0 unspecified atom stereocenters. The van der Waals surface area contributed by atoms with Crippen LogP contribution in [-0.4, -0.2) is 11.1 Å². The van der Waals surface area contributed by atoms with Gasteiger partial charge in [0.1, 0.15) is 17.5 Å². The summed E-state index contributed by atoms with van der Waals surface area (Å²) in [6, 6.07) is 5.09. The lowest BCUT2D eigenvalue weighted by Crippen LogP contribution is -2.00. The molecule has 19 heavy (non-hydrogen) atoms. The molecular formula is C14H9F3O2. The van der Waals surface area contributed by atoms with Crippen LogP contribution in [0.15, 0.2) is 30.3 Å². The fourth-order valence-electron chi connectivity index (χ4n) is 1.72. The molecule has 0 radical (unpaired) electrons. The third-order valence-corrected chi connectivity index (χ3v) is 2.76. The minimum absolute atomic E-state index is 0.0823. The lowest BCUT2D eigenvalue weighted by molar-refractivity contribution is 0.0692. The summed E-state index contributed by atoms with van der Waals surface area (Å²) in [5, 5.41) is 8.69. The highest BCUT2D eigenvalue weighted by Crippen LogP contribution is 2.27. The molecule has 2 aromatic carbocycles. The van der Waals surface area contributed by atoms with E-state index < -0.39 is 29.0 Å². The van der Waals surface area contributed by atoms with E-state index in [0.29, 0.717) is 0 Å². The molecule has 2 nitrogen and oxygen atoms in total. The molecule has 2 aromatic rings. The van der Waals surface area contributed by atoms with E-state index in [-0.39, 0.29) is 16.7 Å². The fraction of sp³-hybridized carbons (Fsp3) is 0.0714. The van der Waals surface area contributed by atoms with Gasteiger partial charge in [-0.05, 0) is 42.3 Å². The van der Waals surface area contributed by atoms with Gasteiger partial charge < -0.3 is 5.11 Å². The van der Waals surface area contributed by atoms with Crippen molar-refractivity contribution in [2.24, 2.45) is 0 Å². The summed E-state index contributed by atoms with van der Waals surface area (Å²) in [5.74, 6) is -3.72. The van der Waals surface area contributed by atoms with Crippen LogP contribution in [0.5, 0.6) is 0 Å². The Morgan fingerprint density at radius 1 is 1.00 bits per heavy atom. The Labute approximate surface area is 107 Å². The Bertz CT molecular complexity index is 666. The monoisotopic (exact) mass is 266 g/mol. The molecule has 0 aromatic heterocycles. The molecule has 0 saturated carbocycles. The Kier molecular flexibility index (Phi) is 3.29. The molecule has 0 aliphatic heterocycles. The molecule has 0 fully saturated rings. The predicted octanol–water partition coefficient (Wildman–Crippen LogP) is 3.78. The number of hydrogen-bond donors (Lipinski definition) is 1. The smallest absolute Gasteiger partial charge is 0.338 e. The van der Waals surface area contributed by atoms with Gasteiger partial charge in [-0.2, -0.15) is 0 Å². The van der Waals surface area contributed by atoms with E-state index in [9.17, 15) is 18.0 Å². The first-order chi connectivity index (χ1) is 8.90. The topological polar surface area (TPSA) is 37.3 Å². The van der Waals surface area contributed by atoms with E-state index in [2.05, 4.69) is 0 Å². The number of halogens is 3. The molecular weight excluding hydrogens is 257 g/mol. The maximum Gasteiger partial charge on any atom is 0.338 e. The van der Waals surface area contributed by atoms with Crippen molar-refractivity contribution in [3.05, 3.63) is 58.9 Å². The number of benzene rings is 2. The van der Waals surface area contributed by atoms with Crippen molar-refractivity contribution in [1.82, 2.24) is 0 Å². The highest BCUT2D eigenvalue weighted by atomic mass is 19.1. The molecule has 0 heterocycles. The second-order valence-corrected chi connectivity index (χ2v) is 4.08. The number of carboxylic acids is 1. The van der Waals surface area contributed by atoms with Crippen LogP contribution in [0.1, 0.15) is 15.9 Å². The van der Waals surface area contributed by atoms with Crippen molar-refractivity contribution in [2.45, 2.75) is 6.92 Å². The summed E-state index contributed by atoms with van der Waals surface area (Å²) in [5.41, 5.74) is -0.404. The Balaban J connectivity index is 2.57. The summed E-state index contributed by atoms with van der Waals surface area (Å²) in [6.45, 7) is 1.41. The Morgan fingerprint density at radius 3 is 2.26 bits per heavy atom. The van der Waals surface area contributed by atoms with Gasteiger partial charge in [-0.3, -0.25) is 0 Å². The van der Waals surface area contributed by atoms with Gasteiger partial charge in [0, 0.05) is 5.56 Å². The van der Waals surface area contributed by atoms with Gasteiger partial charge in [0.25, 0.3) is 0 Å². The number of aryl methyl sites for hydroxylation is 1. The second kappa shape index (κ2) is 4.76. The maximum absolute atomic E-state index is 13.7. The molecule has 0 aliphatic rings. The molecule has 98 valence electrons. The first kappa shape index (κ1) is 13.1. The summed E-state index contributed by atoms with van der Waals surface area (Å²) >= 11 is 0. The molecule has 0 bridgehead atoms. The first-order valence-corrected chi connectivity index (χ1v) is 5.39. The van der Waals surface area contributed by atoms with E-state index >= 15 is 0 Å². The third kappa shape index (κ3) is 2.45. The SMILES string of the molecule is Cc1cc(F)c(-c2ccc(C(=O)O)c(F)c2)cc1F. The maximum atomic E-state index is 13.7. The Morgan fingerprint density at radius 2 is 1.68 bits per heavy atom. The van der Waals surface area contributed by atoms with Crippen molar-refractivity contribution in [3.8, 4) is 11.1 Å². The molecule has 0 saturated heterocycles. The van der Waals surface area contributed by atoms with Gasteiger partial charge in [0.2, 0.25) is 0 Å². The van der Waals surface area contributed by atoms with E-state index in [0.717, 1.165) is 24.3 Å². The van der Waals surface area contributed by atoms with E-state index in [4.69, 9.17) is 5.11 Å². The van der Waals surface area contributed by atoms with Crippen LogP contribution in [0.3, 0.4) is 0 Å². The summed E-state index contributed by atoms with van der Waals surface area (Å²) < 4.78 is 40.6. The zero-order valence-corrected chi connectivity index (χ0v) is 9.88. The van der Waals surface area contributed by atoms with Gasteiger partial charge in [-0.25, -0.2) is 18.0 Å². The zero-order valence-electron chi connectivity index (χ0n) is 9.88. The standard InChI is InChI=1S/C14H9F3O2/c1-7-4-12(16)10(6-11(7)15)8-2-3-9(14(18)19)13(17)5-8/h2-6H,1H3,(H,18,19). The molecule has 0 spiro atoms. The van der Waals surface area contributed by atoms with Gasteiger partial charge in [0.05, 0.1) is 5.56 Å². The summed E-state index contributed by atoms with van der Waals surface area (Å²) in [6.07, 6.45) is 0. The summed E-state index contributed by atoms with van der Waals surface area (Å²) in [4.78, 5) is 10.7. The van der Waals surface area contributed by atoms with Crippen LogP contribution in [0.25, 0.3) is 11.1 Å². The van der Waals surface area contributed by atoms with Crippen molar-refractivity contribution in [2.75, 3.05) is 0 Å². The average molecular weight is 266 g/mol. The van der Waals surface area contributed by atoms with Gasteiger partial charge in [0.15, 0.2) is 0 Å². The molecule has 1 N–H and O–H groups in total. The predicted molar refractivity (Wildman–Crippen MR) is 63.4 cm³/mol. The van der Waals surface area contributed by atoms with Crippen LogP contribution >= 0.6 is 0 Å². The van der Waals surface area contributed by atoms with E-state index in [1.54, 1.807) is 0 Å². The van der Waals surface area contributed by atoms with Crippen LogP contribution in [0.2, 0.25) is 0 Å². The van der Waals surface area contributed by atoms with Crippen LogP contribution in [-0.2, 0) is 0 Å². The largest absolute Gasteiger partial charge is 0.478 e. The first-order valence-electron chi connectivity index (χ1n) is 5.39. The second-order valence-electron chi connectivity index (χ2n) is 4.08. The van der Waals surface area contributed by atoms with Crippen molar-refractivity contribution < 1.29 is 23.1 Å². The minimum atomic E-state index is -1.42. The molecule has 0 atom stereocenters. The van der Waals surface area contributed by atoms with Gasteiger partial charge in [-0.15, -0.1) is 0 Å². The number of rotatable bonds is 2. The molecule has 2 rings (SSSR count). The molecule has 0 aliphatic carbocycles. The zero-order chi connectivity index (χ0) is 14.2. The number of aromatic carboxylic acids is 1. The highest BCUT2D eigenvalue weighted by molar-refractivity contribution is 5.88. The third-order valence-electron chi connectivity index (χ3n) is 2.76. The van der Waals surface area contributed by atoms with Gasteiger partial charge >= 0.3 is 5.97 Å². The van der Waals surface area contributed by atoms with E-state index in [1.165, 1.54) is 13.0 Å². The van der Waals surface area contributed by atoms with Crippen molar-refractivity contribution in [1.29, 1.82) is 0 Å². The lowest BCUT2D eigenvalue weighted by Gasteiger charge is -2.07. The highest BCUT2D eigenvalue weighted by Gasteiger charge is 2.14. The quantitative estimate of drug-likeness (QED) is 0.898. The minimum Gasteiger partial charge on any atom is -0.478 e. The number of hydrogen-bond acceptors (Lipinski definition) is 1. The van der Waals surface area contributed by atoms with Crippen LogP contribution < -0.4 is 0 Å². The Hall–Kier alpha value is -2.30. The van der Waals surface area contributed by atoms with Crippen molar-refractivity contribution >= 4 is 5.97 Å². The number of carboxylic acid groups (broad SMARTS) is 1. The fourth-order valence-corrected chi connectivity index (χ4v) is 1.72. The van der Waals surface area contributed by atoms with Crippen molar-refractivity contribution in [3.63, 3.8) is 0 Å². The molecule has 0 amide bonds.